The van der Waals surface area contributed by atoms with Crippen molar-refractivity contribution in [1.82, 2.24) is 15.1 Å². The highest BCUT2D eigenvalue weighted by atomic mass is 79.9. The second kappa shape index (κ2) is 15.4. The first-order valence-corrected chi connectivity index (χ1v) is 17.3. The van der Waals surface area contributed by atoms with Gasteiger partial charge in [-0.3, -0.25) is 9.59 Å². The molecule has 1 fully saturated rings. The van der Waals surface area contributed by atoms with Crippen LogP contribution in [0.1, 0.15) is 60.7 Å². The van der Waals surface area contributed by atoms with Crippen LogP contribution in [0.2, 0.25) is 0 Å². The molecular formula is C36H37BrF4N4O7. The van der Waals surface area contributed by atoms with Gasteiger partial charge in [0, 0.05) is 42.3 Å². The Hall–Kier alpha value is -4.86. The monoisotopic (exact) mass is 792 g/mol. The van der Waals surface area contributed by atoms with Gasteiger partial charge in [-0.2, -0.15) is 13.2 Å². The predicted molar refractivity (Wildman–Crippen MR) is 184 cm³/mol. The first kappa shape index (κ1) is 38.4. The number of rotatable bonds is 9. The highest BCUT2D eigenvalue weighted by molar-refractivity contribution is 9.10. The van der Waals surface area contributed by atoms with Crippen LogP contribution >= 0.6 is 15.9 Å². The van der Waals surface area contributed by atoms with Gasteiger partial charge in [-0.25, -0.2) is 14.0 Å². The normalized spacial score (nSPS) is 18.8. The molecule has 2 N–H and O–H groups in total. The molecule has 2 aliphatic rings. The van der Waals surface area contributed by atoms with Gasteiger partial charge in [0.25, 0.3) is 11.8 Å². The van der Waals surface area contributed by atoms with Crippen molar-refractivity contribution >= 4 is 45.6 Å². The number of alkyl carbamates (subject to hydrolysis) is 1. The summed E-state index contributed by atoms with van der Waals surface area (Å²) in [5.74, 6) is -3.21. The average Bonchev–Trinajstić information content (AvgIpc) is 3.09. The number of fused-ring (bicyclic) bond motifs is 1. The van der Waals surface area contributed by atoms with Crippen molar-refractivity contribution in [2.45, 2.75) is 64.1 Å². The number of likely N-dealkylation sites (tertiary alicyclic amines) is 1. The molecule has 0 aliphatic carbocycles. The molecule has 0 aromatic heterocycles. The number of carbonyl (C=O) groups is 4. The zero-order chi connectivity index (χ0) is 38.0. The minimum absolute atomic E-state index is 0.0461. The number of nitrogens with one attached hydrogen (secondary N) is 1. The van der Waals surface area contributed by atoms with Crippen molar-refractivity contribution in [3.63, 3.8) is 0 Å². The van der Waals surface area contributed by atoms with E-state index in [9.17, 15) is 37.5 Å². The second-order valence-electron chi connectivity index (χ2n) is 12.9. The Morgan fingerprint density at radius 2 is 1.85 bits per heavy atom. The fraction of sp³-hybridized carbons (Fsp3) is 0.389. The molecule has 2 aliphatic heterocycles. The maximum Gasteiger partial charge on any atom is 0.417 e. The average molecular weight is 794 g/mol. The van der Waals surface area contributed by atoms with E-state index in [2.05, 4.69) is 21.2 Å². The second-order valence-corrected chi connectivity index (χ2v) is 13.8. The largest absolute Gasteiger partial charge is 0.471 e. The van der Waals surface area contributed by atoms with Gasteiger partial charge in [0.05, 0.1) is 22.9 Å². The number of amides is 4. The van der Waals surface area contributed by atoms with E-state index < -0.39 is 70.6 Å². The Balaban J connectivity index is 1.55. The van der Waals surface area contributed by atoms with Crippen molar-refractivity contribution in [2.24, 2.45) is 0 Å². The molecule has 2 atom stereocenters. The molecule has 52 heavy (non-hydrogen) atoms. The molecule has 4 amide bonds. The summed E-state index contributed by atoms with van der Waals surface area (Å²) in [6, 6.07) is 12.8. The lowest BCUT2D eigenvalue weighted by Gasteiger charge is -2.42. The molecule has 278 valence electrons. The van der Waals surface area contributed by atoms with Crippen LogP contribution in [-0.2, 0) is 27.9 Å². The molecule has 16 heteroatoms. The van der Waals surface area contributed by atoms with Crippen LogP contribution in [0, 0.1) is 5.82 Å². The Morgan fingerprint density at radius 3 is 2.50 bits per heavy atom. The van der Waals surface area contributed by atoms with E-state index in [1.54, 1.807) is 44.2 Å². The van der Waals surface area contributed by atoms with Gasteiger partial charge in [-0.15, -0.1) is 0 Å². The molecule has 0 radical (unpaired) electrons. The zero-order valence-corrected chi connectivity index (χ0v) is 30.1. The number of carbonyl (C=O) groups excluding carboxylic acids is 3. The van der Waals surface area contributed by atoms with Crippen LogP contribution in [0.25, 0.3) is 0 Å². The first-order valence-electron chi connectivity index (χ1n) is 16.5. The maximum atomic E-state index is 15.3. The summed E-state index contributed by atoms with van der Waals surface area (Å²) in [6.45, 7) is 3.96. The lowest BCUT2D eigenvalue weighted by atomic mass is 9.90. The number of alkyl halides is 3. The van der Waals surface area contributed by atoms with Crippen LogP contribution in [-0.4, -0.2) is 77.2 Å². The van der Waals surface area contributed by atoms with Crippen LogP contribution in [0.3, 0.4) is 0 Å². The number of hydrogen-bond acceptors (Lipinski definition) is 6. The molecule has 3 aromatic rings. The summed E-state index contributed by atoms with van der Waals surface area (Å²) in [4.78, 5) is 56.2. The summed E-state index contributed by atoms with van der Waals surface area (Å²) >= 11 is 3.24. The van der Waals surface area contributed by atoms with E-state index in [4.69, 9.17) is 9.47 Å². The Bertz CT molecular complexity index is 1840. The molecule has 0 saturated carbocycles. The van der Waals surface area contributed by atoms with E-state index in [-0.39, 0.29) is 44.0 Å². The summed E-state index contributed by atoms with van der Waals surface area (Å²) in [5.41, 5.74) is -4.08. The third kappa shape index (κ3) is 8.11. The van der Waals surface area contributed by atoms with Crippen molar-refractivity contribution in [3.8, 4) is 5.75 Å². The highest BCUT2D eigenvalue weighted by Gasteiger charge is 2.50. The van der Waals surface area contributed by atoms with Crippen LogP contribution in [0.5, 0.6) is 5.75 Å². The Kier molecular flexibility index (Phi) is 11.4. The fourth-order valence-corrected chi connectivity index (χ4v) is 6.88. The van der Waals surface area contributed by atoms with Gasteiger partial charge in [0.1, 0.15) is 18.2 Å². The molecule has 1 saturated heterocycles. The van der Waals surface area contributed by atoms with Gasteiger partial charge in [-0.05, 0) is 69.5 Å². The van der Waals surface area contributed by atoms with Crippen molar-refractivity contribution in [3.05, 3.63) is 93.2 Å². The van der Waals surface area contributed by atoms with Crippen LogP contribution < -0.4 is 15.0 Å². The van der Waals surface area contributed by atoms with Crippen LogP contribution in [0.15, 0.2) is 65.1 Å². The van der Waals surface area contributed by atoms with Crippen molar-refractivity contribution in [2.75, 3.05) is 31.1 Å². The van der Waals surface area contributed by atoms with E-state index in [1.165, 1.54) is 24.0 Å². The number of nitrogens with zero attached hydrogens (tertiary/aromatic N) is 3. The molecule has 1 unspecified atom stereocenters. The zero-order valence-electron chi connectivity index (χ0n) is 28.5. The standard InChI is InChI=1S/C36H37BrF4N4O7/c1-21(2)45(24-10-7-14-43(19-24)34(49)50)31(46)25-17-29-30(18-26(25)36(39,40)41)52-35(3,27-16-23(37)11-12-28(27)38)32(47)44(29)15-13-42-33(48)51-20-22-8-5-4-6-9-22/h4-6,8-9,11-12,16-18,21,24H,7,10,13-15,19-20H2,1-3H3,(H,42,48)(H,49,50)/t24-,35?/m1/s1. The van der Waals surface area contributed by atoms with Gasteiger partial charge >= 0.3 is 18.4 Å². The van der Waals surface area contributed by atoms with E-state index in [0.717, 1.165) is 27.5 Å². The predicted octanol–water partition coefficient (Wildman–Crippen LogP) is 7.17. The van der Waals surface area contributed by atoms with Crippen molar-refractivity contribution < 1.29 is 51.3 Å². The molecule has 0 spiro atoms. The third-order valence-corrected chi connectivity index (χ3v) is 9.50. The SMILES string of the molecule is CC(C)N(C(=O)c1cc2c(cc1C(F)(F)F)OC(C)(c1cc(Br)ccc1F)C(=O)N2CCNC(=O)OCc1ccccc1)[C@@H]1CCCN(C(=O)O)C1. The molecule has 5 rings (SSSR count). The molecule has 0 bridgehead atoms. The minimum Gasteiger partial charge on any atom is -0.471 e. The Labute approximate surface area is 305 Å². The number of anilines is 1. The Morgan fingerprint density at radius 1 is 1.13 bits per heavy atom. The molecule has 11 nitrogen and oxygen atoms in total. The third-order valence-electron chi connectivity index (χ3n) is 9.00. The van der Waals surface area contributed by atoms with E-state index in [1.807, 2.05) is 0 Å². The summed E-state index contributed by atoms with van der Waals surface area (Å²) in [7, 11) is 0. The lowest BCUT2D eigenvalue weighted by Crippen LogP contribution is -2.55. The number of piperidine rings is 1. The topological polar surface area (TPSA) is 129 Å². The van der Waals surface area contributed by atoms with Crippen LogP contribution in [0.4, 0.5) is 32.8 Å². The smallest absolute Gasteiger partial charge is 0.417 e. The van der Waals surface area contributed by atoms with Gasteiger partial charge < -0.3 is 34.6 Å². The van der Waals surface area contributed by atoms with Gasteiger partial charge in [0.15, 0.2) is 0 Å². The van der Waals surface area contributed by atoms with Crippen molar-refractivity contribution in [1.29, 1.82) is 0 Å². The summed E-state index contributed by atoms with van der Waals surface area (Å²) in [6.07, 6.45) is -6.37. The first-order chi connectivity index (χ1) is 24.5. The van der Waals surface area contributed by atoms with E-state index in [0.29, 0.717) is 23.4 Å². The van der Waals surface area contributed by atoms with Gasteiger partial charge in [0.2, 0.25) is 5.60 Å². The number of carboxylic acid groups (broad SMARTS) is 1. The number of hydrogen-bond donors (Lipinski definition) is 2. The number of ether oxygens (including phenoxy) is 2. The van der Waals surface area contributed by atoms with Gasteiger partial charge in [-0.1, -0.05) is 46.3 Å². The lowest BCUT2D eigenvalue weighted by molar-refractivity contribution is -0.138. The minimum atomic E-state index is -5.08. The quantitative estimate of drug-likeness (QED) is 0.220. The molecular weight excluding hydrogens is 756 g/mol. The number of benzene rings is 3. The summed E-state index contributed by atoms with van der Waals surface area (Å²) in [5, 5.41) is 12.1. The fourth-order valence-electron chi connectivity index (χ4n) is 6.52. The number of halogens is 5. The summed E-state index contributed by atoms with van der Waals surface area (Å²) < 4.78 is 71.4. The molecule has 3 aromatic carbocycles. The highest BCUT2D eigenvalue weighted by Crippen LogP contribution is 2.47. The maximum absolute atomic E-state index is 15.3. The molecule has 2 heterocycles. The van der Waals surface area contributed by atoms with E-state index >= 15 is 4.39 Å².